The molecule has 4 rings (SSSR count). The van der Waals surface area contributed by atoms with Crippen LogP contribution in [0.1, 0.15) is 23.0 Å². The molecule has 0 atom stereocenters. The first-order valence-corrected chi connectivity index (χ1v) is 8.85. The van der Waals surface area contributed by atoms with Crippen LogP contribution in [0.25, 0.3) is 22.4 Å². The van der Waals surface area contributed by atoms with E-state index in [0.29, 0.717) is 29.8 Å². The molecule has 0 bridgehead atoms. The summed E-state index contributed by atoms with van der Waals surface area (Å²) in [5, 5.41) is 12.1. The molecule has 1 aliphatic heterocycles. The van der Waals surface area contributed by atoms with Gasteiger partial charge in [0.15, 0.2) is 0 Å². The molecule has 27 heavy (non-hydrogen) atoms. The highest BCUT2D eigenvalue weighted by Crippen LogP contribution is 2.46. The van der Waals surface area contributed by atoms with E-state index in [2.05, 4.69) is 0 Å². The quantitative estimate of drug-likeness (QED) is 0.390. The molecule has 0 spiro atoms. The number of rotatable bonds is 4. The third kappa shape index (κ3) is 2.70. The highest BCUT2D eigenvalue weighted by atomic mass is 16.6. The Labute approximate surface area is 156 Å². The summed E-state index contributed by atoms with van der Waals surface area (Å²) >= 11 is 0. The average Bonchev–Trinajstić information content (AvgIpc) is 3.05. The number of hydrogen-bond acceptors (Lipinski definition) is 4. The maximum atomic E-state index is 12.8. The van der Waals surface area contributed by atoms with E-state index in [1.165, 1.54) is 0 Å². The average molecular weight is 362 g/mol. The van der Waals surface area contributed by atoms with Crippen molar-refractivity contribution in [2.45, 2.75) is 19.9 Å². The summed E-state index contributed by atoms with van der Waals surface area (Å²) < 4.78 is 7.01. The minimum absolute atomic E-state index is 0.0450. The Morgan fingerprint density at radius 1 is 1.15 bits per heavy atom. The number of benzene rings is 2. The van der Waals surface area contributed by atoms with Crippen molar-refractivity contribution in [3.8, 4) is 22.4 Å². The second kappa shape index (κ2) is 6.72. The Hall–Kier alpha value is -3.41. The van der Waals surface area contributed by atoms with Gasteiger partial charge >= 0.3 is 11.7 Å². The van der Waals surface area contributed by atoms with Gasteiger partial charge in [0.05, 0.1) is 17.1 Å². The summed E-state index contributed by atoms with van der Waals surface area (Å²) in [6.45, 7) is 2.43. The standard InChI is InChI=1S/C21H18N2O4/c1-2-27-21(24)20-17(15-9-4-3-5-10-15)19(23(25)26)18-16-11-7-6-8-14(16)12-13-22(18)20/h3-11H,2,12-13H2,1H3. The van der Waals surface area contributed by atoms with Gasteiger partial charge in [-0.2, -0.15) is 0 Å². The zero-order valence-electron chi connectivity index (χ0n) is 14.8. The Kier molecular flexibility index (Phi) is 4.24. The molecule has 136 valence electrons. The van der Waals surface area contributed by atoms with Gasteiger partial charge in [0.2, 0.25) is 0 Å². The Balaban J connectivity index is 2.11. The van der Waals surface area contributed by atoms with Gasteiger partial charge in [0.25, 0.3) is 0 Å². The number of carbonyl (C=O) groups excluding carboxylic acids is 1. The van der Waals surface area contributed by atoms with Crippen LogP contribution in [0.5, 0.6) is 0 Å². The molecule has 0 fully saturated rings. The van der Waals surface area contributed by atoms with Crippen molar-refractivity contribution in [2.24, 2.45) is 0 Å². The zero-order valence-corrected chi connectivity index (χ0v) is 14.8. The van der Waals surface area contributed by atoms with Crippen molar-refractivity contribution in [1.82, 2.24) is 4.57 Å². The van der Waals surface area contributed by atoms with Gasteiger partial charge in [-0.15, -0.1) is 0 Å². The maximum Gasteiger partial charge on any atom is 0.355 e. The zero-order chi connectivity index (χ0) is 19.0. The molecule has 0 radical (unpaired) electrons. The molecule has 1 aliphatic rings. The number of carbonyl (C=O) groups is 1. The van der Waals surface area contributed by atoms with E-state index in [-0.39, 0.29) is 22.9 Å². The van der Waals surface area contributed by atoms with E-state index < -0.39 is 5.97 Å². The minimum Gasteiger partial charge on any atom is -0.461 e. The summed E-state index contributed by atoms with van der Waals surface area (Å²) in [5.41, 5.74) is 3.47. The fourth-order valence-corrected chi connectivity index (χ4v) is 3.77. The highest BCUT2D eigenvalue weighted by Gasteiger charge is 2.38. The topological polar surface area (TPSA) is 74.4 Å². The van der Waals surface area contributed by atoms with Crippen molar-refractivity contribution >= 4 is 11.7 Å². The van der Waals surface area contributed by atoms with Crippen molar-refractivity contribution in [1.29, 1.82) is 0 Å². The van der Waals surface area contributed by atoms with Crippen LogP contribution in [-0.2, 0) is 17.7 Å². The molecule has 0 saturated heterocycles. The van der Waals surface area contributed by atoms with Gasteiger partial charge in [0.1, 0.15) is 11.4 Å². The van der Waals surface area contributed by atoms with Gasteiger partial charge in [-0.05, 0) is 24.5 Å². The van der Waals surface area contributed by atoms with E-state index >= 15 is 0 Å². The first kappa shape index (κ1) is 17.0. The first-order valence-electron chi connectivity index (χ1n) is 8.85. The molecule has 2 heterocycles. The third-order valence-corrected chi connectivity index (χ3v) is 4.83. The lowest BCUT2D eigenvalue weighted by atomic mass is 9.97. The molecule has 6 heteroatoms. The summed E-state index contributed by atoms with van der Waals surface area (Å²) in [6.07, 6.45) is 0.704. The molecule has 0 N–H and O–H groups in total. The normalized spacial score (nSPS) is 12.2. The van der Waals surface area contributed by atoms with Crippen molar-refractivity contribution in [3.63, 3.8) is 0 Å². The highest BCUT2D eigenvalue weighted by molar-refractivity contribution is 6.03. The lowest BCUT2D eigenvalue weighted by Crippen LogP contribution is -2.18. The third-order valence-electron chi connectivity index (χ3n) is 4.83. The lowest BCUT2D eigenvalue weighted by Gasteiger charge is -2.20. The molecule has 3 aromatic rings. The van der Waals surface area contributed by atoms with Crippen molar-refractivity contribution in [2.75, 3.05) is 6.61 Å². The van der Waals surface area contributed by atoms with Crippen LogP contribution in [0.2, 0.25) is 0 Å². The number of ether oxygens (including phenoxy) is 1. The molecule has 2 aromatic carbocycles. The van der Waals surface area contributed by atoms with Gasteiger partial charge in [0, 0.05) is 12.1 Å². The molecule has 0 aliphatic carbocycles. The number of fused-ring (bicyclic) bond motifs is 3. The molecule has 0 unspecified atom stereocenters. The molecule has 6 nitrogen and oxygen atoms in total. The van der Waals surface area contributed by atoms with E-state index in [9.17, 15) is 14.9 Å². The van der Waals surface area contributed by atoms with Crippen LogP contribution in [0.4, 0.5) is 5.69 Å². The Bertz CT molecular complexity index is 1040. The monoisotopic (exact) mass is 362 g/mol. The van der Waals surface area contributed by atoms with Crippen LogP contribution in [0, 0.1) is 10.1 Å². The summed E-state index contributed by atoms with van der Waals surface area (Å²) in [4.78, 5) is 24.5. The summed E-state index contributed by atoms with van der Waals surface area (Å²) in [7, 11) is 0. The number of hydrogen-bond donors (Lipinski definition) is 0. The van der Waals surface area contributed by atoms with E-state index in [1.54, 1.807) is 35.8 Å². The van der Waals surface area contributed by atoms with Crippen LogP contribution in [0.3, 0.4) is 0 Å². The van der Waals surface area contributed by atoms with E-state index in [1.807, 2.05) is 30.3 Å². The number of esters is 1. The molecule has 1 aromatic heterocycles. The number of nitrogens with zero attached hydrogens (tertiary/aromatic N) is 2. The second-order valence-corrected chi connectivity index (χ2v) is 6.32. The number of aromatic nitrogens is 1. The first-order chi connectivity index (χ1) is 13.1. The molecule has 0 amide bonds. The summed E-state index contributed by atoms with van der Waals surface area (Å²) in [6, 6.07) is 16.6. The van der Waals surface area contributed by atoms with Crippen LogP contribution >= 0.6 is 0 Å². The van der Waals surface area contributed by atoms with Gasteiger partial charge in [-0.1, -0.05) is 54.6 Å². The fraction of sp³-hybridized carbons (Fsp3) is 0.190. The predicted molar refractivity (Wildman–Crippen MR) is 102 cm³/mol. The largest absolute Gasteiger partial charge is 0.461 e. The molecule has 0 saturated carbocycles. The molecular formula is C21H18N2O4. The second-order valence-electron chi connectivity index (χ2n) is 6.32. The predicted octanol–water partition coefficient (Wildman–Crippen LogP) is 4.46. The SMILES string of the molecule is CCOC(=O)c1c(-c2ccccc2)c([N+](=O)[O-])c2n1CCc1ccccc1-2. The number of nitro groups is 1. The lowest BCUT2D eigenvalue weighted by molar-refractivity contribution is -0.383. The smallest absolute Gasteiger partial charge is 0.355 e. The van der Waals surface area contributed by atoms with Gasteiger partial charge in [-0.3, -0.25) is 10.1 Å². The summed E-state index contributed by atoms with van der Waals surface area (Å²) in [5.74, 6) is -0.537. The molecular weight excluding hydrogens is 344 g/mol. The van der Waals surface area contributed by atoms with Crippen LogP contribution in [0.15, 0.2) is 54.6 Å². The van der Waals surface area contributed by atoms with Crippen LogP contribution in [-0.4, -0.2) is 22.1 Å². The van der Waals surface area contributed by atoms with Crippen LogP contribution < -0.4 is 0 Å². The Morgan fingerprint density at radius 2 is 1.85 bits per heavy atom. The Morgan fingerprint density at radius 3 is 2.56 bits per heavy atom. The van der Waals surface area contributed by atoms with E-state index in [4.69, 9.17) is 4.74 Å². The fourth-order valence-electron chi connectivity index (χ4n) is 3.77. The van der Waals surface area contributed by atoms with Crippen molar-refractivity contribution in [3.05, 3.63) is 76.0 Å². The van der Waals surface area contributed by atoms with Gasteiger partial charge in [-0.25, -0.2) is 4.79 Å². The van der Waals surface area contributed by atoms with Gasteiger partial charge < -0.3 is 9.30 Å². The number of aryl methyl sites for hydroxylation is 1. The van der Waals surface area contributed by atoms with E-state index in [0.717, 1.165) is 11.1 Å². The van der Waals surface area contributed by atoms with Crippen molar-refractivity contribution < 1.29 is 14.5 Å². The maximum absolute atomic E-state index is 12.8. The minimum atomic E-state index is -0.537.